The third kappa shape index (κ3) is 6.05. The Hall–Kier alpha value is -4.09. The van der Waals surface area contributed by atoms with Gasteiger partial charge in [0.05, 0.1) is 17.9 Å². The summed E-state index contributed by atoms with van der Waals surface area (Å²) in [4.78, 5) is 42.7. The zero-order valence-electron chi connectivity index (χ0n) is 23.1. The average molecular weight is 552 g/mol. The van der Waals surface area contributed by atoms with Crippen LogP contribution >= 0.6 is 0 Å². The summed E-state index contributed by atoms with van der Waals surface area (Å²) in [6.07, 6.45) is 1.39. The number of carboxylic acids is 1. The van der Waals surface area contributed by atoms with Crippen LogP contribution < -0.4 is 10.3 Å². The number of anilines is 2. The predicted molar refractivity (Wildman–Crippen MR) is 150 cm³/mol. The second-order valence-corrected chi connectivity index (χ2v) is 10.5. The predicted octanol–water partition coefficient (Wildman–Crippen LogP) is 3.32. The molecular weight excluding hydrogens is 517 g/mol. The zero-order chi connectivity index (χ0) is 29.1. The number of piperidine rings is 1. The number of phenols is 1. The minimum absolute atomic E-state index is 0.00373. The molecule has 2 aromatic rings. The number of nitrogens with zero attached hydrogens (tertiary/aromatic N) is 4. The maximum absolute atomic E-state index is 13.9. The molecule has 0 saturated carbocycles. The molecule has 4 rings (SSSR count). The van der Waals surface area contributed by atoms with Crippen LogP contribution in [0.1, 0.15) is 36.8 Å². The number of hydrogen-bond acceptors (Lipinski definition) is 8. The lowest BCUT2D eigenvalue weighted by atomic mass is 9.88. The molecule has 1 saturated heterocycles. The Balaban J connectivity index is 1.64. The second-order valence-electron chi connectivity index (χ2n) is 10.5. The van der Waals surface area contributed by atoms with E-state index < -0.39 is 23.6 Å². The summed E-state index contributed by atoms with van der Waals surface area (Å²) in [5.41, 5.74) is 5.16. The number of rotatable bonds is 8. The number of hydrazone groups is 1. The van der Waals surface area contributed by atoms with E-state index in [0.29, 0.717) is 53.9 Å². The van der Waals surface area contributed by atoms with Crippen LogP contribution in [0.5, 0.6) is 5.75 Å². The molecule has 212 valence electrons. The molecule has 40 heavy (non-hydrogen) atoms. The highest BCUT2D eigenvalue weighted by Crippen LogP contribution is 2.38. The molecule has 3 N–H and O–H groups in total. The number of amides is 2. The van der Waals surface area contributed by atoms with E-state index in [4.69, 9.17) is 5.11 Å². The highest BCUT2D eigenvalue weighted by atomic mass is 19.1. The normalized spacial score (nSPS) is 18.2. The fraction of sp³-hybridized carbons (Fsp3) is 0.379. The van der Waals surface area contributed by atoms with Gasteiger partial charge in [-0.1, -0.05) is 12.1 Å². The van der Waals surface area contributed by atoms with Crippen molar-refractivity contribution in [2.75, 3.05) is 50.6 Å². The summed E-state index contributed by atoms with van der Waals surface area (Å²) in [7, 11) is 3.61. The third-order valence-corrected chi connectivity index (χ3v) is 7.29. The van der Waals surface area contributed by atoms with Gasteiger partial charge in [0, 0.05) is 12.1 Å². The number of carboxylic acid groups (broad SMARTS) is 1. The average Bonchev–Trinajstić information content (AvgIpc) is 2.89. The molecule has 2 aliphatic heterocycles. The van der Waals surface area contributed by atoms with Crippen molar-refractivity contribution < 1.29 is 29.0 Å². The first-order valence-electron chi connectivity index (χ1n) is 13.1. The Morgan fingerprint density at radius 3 is 2.45 bits per heavy atom. The van der Waals surface area contributed by atoms with E-state index in [2.05, 4.69) is 10.5 Å². The number of imide groups is 1. The van der Waals surface area contributed by atoms with Gasteiger partial charge in [-0.3, -0.25) is 24.7 Å². The Morgan fingerprint density at radius 2 is 1.82 bits per heavy atom. The molecule has 2 amide bonds. The number of aromatic hydroxyl groups is 1. The Bertz CT molecular complexity index is 1400. The van der Waals surface area contributed by atoms with Gasteiger partial charge in [-0.25, -0.2) is 9.29 Å². The van der Waals surface area contributed by atoms with Crippen LogP contribution in [-0.4, -0.2) is 83.8 Å². The monoisotopic (exact) mass is 551 g/mol. The number of hydrogen-bond donors (Lipinski definition) is 3. The number of aliphatic carboxylic acids is 1. The number of halogens is 1. The first-order chi connectivity index (χ1) is 19.0. The van der Waals surface area contributed by atoms with Gasteiger partial charge in [0.2, 0.25) is 0 Å². The number of aryl methyl sites for hydroxylation is 1. The third-order valence-electron chi connectivity index (χ3n) is 7.29. The Labute approximate surface area is 232 Å². The van der Waals surface area contributed by atoms with Gasteiger partial charge < -0.3 is 15.1 Å². The lowest BCUT2D eigenvalue weighted by molar-refractivity contribution is -0.138. The van der Waals surface area contributed by atoms with Crippen molar-refractivity contribution in [3.8, 4) is 5.75 Å². The van der Waals surface area contributed by atoms with Crippen molar-refractivity contribution in [1.29, 1.82) is 0 Å². The second kappa shape index (κ2) is 12.0. The highest BCUT2D eigenvalue weighted by molar-refractivity contribution is 6.57. The molecule has 2 aliphatic rings. The van der Waals surface area contributed by atoms with Gasteiger partial charge in [-0.2, -0.15) is 5.10 Å². The molecule has 0 atom stereocenters. The maximum atomic E-state index is 13.9. The van der Waals surface area contributed by atoms with E-state index in [1.807, 2.05) is 15.9 Å². The minimum atomic E-state index is -0.864. The molecule has 10 nitrogen and oxygen atoms in total. The van der Waals surface area contributed by atoms with Crippen LogP contribution in [-0.2, 0) is 14.4 Å². The lowest BCUT2D eigenvalue weighted by Gasteiger charge is -2.31. The van der Waals surface area contributed by atoms with Crippen LogP contribution in [0.25, 0.3) is 0 Å². The van der Waals surface area contributed by atoms with Crippen LogP contribution in [0, 0.1) is 12.7 Å². The van der Waals surface area contributed by atoms with Gasteiger partial charge >= 0.3 is 5.97 Å². The number of benzene rings is 2. The summed E-state index contributed by atoms with van der Waals surface area (Å²) in [6.45, 7) is 4.68. The van der Waals surface area contributed by atoms with Gasteiger partial charge in [-0.15, -0.1) is 0 Å². The quantitative estimate of drug-likeness (QED) is 0.259. The molecule has 0 aromatic heterocycles. The molecule has 0 bridgehead atoms. The number of nitrogens with one attached hydrogen (secondary N) is 1. The summed E-state index contributed by atoms with van der Waals surface area (Å²) in [5.74, 6) is -2.43. The van der Waals surface area contributed by atoms with Crippen molar-refractivity contribution in [3.63, 3.8) is 0 Å². The highest BCUT2D eigenvalue weighted by Gasteiger charge is 2.38. The van der Waals surface area contributed by atoms with E-state index >= 15 is 0 Å². The van der Waals surface area contributed by atoms with Crippen molar-refractivity contribution in [2.45, 2.75) is 32.6 Å². The summed E-state index contributed by atoms with van der Waals surface area (Å²) in [5, 5.41) is 24.5. The lowest BCUT2D eigenvalue weighted by Crippen LogP contribution is -2.49. The first kappa shape index (κ1) is 28.9. The molecule has 2 aromatic carbocycles. The number of carbonyl (C=O) groups is 3. The zero-order valence-corrected chi connectivity index (χ0v) is 23.1. The standard InChI is InChI=1S/C29H34FN5O5/c1-17-14-20(8-9-23(17)30)35-28(39)22(15-33(3)4)18(2)26(29(35)40)32-31-24-7-5-6-21(27(24)38)19-10-12-34(13-11-19)16-25(36)37/h5-9,14,19,31,38H,10-13,15-16H2,1-4H3,(H,36,37)/b32-26+. The van der Waals surface area contributed by atoms with Gasteiger partial charge in [0.15, 0.2) is 5.71 Å². The van der Waals surface area contributed by atoms with Gasteiger partial charge in [-0.05, 0) is 101 Å². The number of carbonyl (C=O) groups excluding carboxylic acids is 2. The number of likely N-dealkylation sites (tertiary alicyclic amines) is 1. The fourth-order valence-electron chi connectivity index (χ4n) is 5.12. The molecular formula is C29H34FN5O5. The van der Waals surface area contributed by atoms with Crippen molar-refractivity contribution >= 4 is 34.9 Å². The molecule has 0 radical (unpaired) electrons. The number of likely N-dealkylation sites (N-methyl/N-ethyl adjacent to an activating group) is 1. The molecule has 1 fully saturated rings. The van der Waals surface area contributed by atoms with Crippen molar-refractivity contribution in [2.24, 2.45) is 5.10 Å². The molecule has 11 heteroatoms. The maximum Gasteiger partial charge on any atom is 0.317 e. The fourth-order valence-corrected chi connectivity index (χ4v) is 5.12. The topological polar surface area (TPSA) is 126 Å². The van der Waals surface area contributed by atoms with E-state index in [1.54, 1.807) is 40.1 Å². The smallest absolute Gasteiger partial charge is 0.317 e. The number of para-hydroxylation sites is 1. The van der Waals surface area contributed by atoms with Crippen LogP contribution in [0.3, 0.4) is 0 Å². The Morgan fingerprint density at radius 1 is 1.12 bits per heavy atom. The van der Waals surface area contributed by atoms with E-state index in [1.165, 1.54) is 18.2 Å². The van der Waals surface area contributed by atoms with Crippen LogP contribution in [0.15, 0.2) is 52.6 Å². The van der Waals surface area contributed by atoms with E-state index in [-0.39, 0.29) is 36.2 Å². The summed E-state index contributed by atoms with van der Waals surface area (Å²) >= 11 is 0. The van der Waals surface area contributed by atoms with Crippen LogP contribution in [0.4, 0.5) is 15.8 Å². The van der Waals surface area contributed by atoms with E-state index in [0.717, 1.165) is 4.90 Å². The summed E-state index contributed by atoms with van der Waals surface area (Å²) in [6, 6.07) is 9.29. The van der Waals surface area contributed by atoms with Gasteiger partial charge in [0.25, 0.3) is 11.8 Å². The molecule has 0 aliphatic carbocycles. The SMILES string of the molecule is CC1=C(CN(C)C)C(=O)N(c2ccc(F)c(C)c2)C(=O)/C1=N/Nc1cccc(C2CCN(CC(=O)O)CC2)c1O. The molecule has 0 spiro atoms. The summed E-state index contributed by atoms with van der Waals surface area (Å²) < 4.78 is 13.9. The van der Waals surface area contributed by atoms with E-state index in [9.17, 15) is 23.9 Å². The molecule has 0 unspecified atom stereocenters. The first-order valence-corrected chi connectivity index (χ1v) is 13.1. The number of phenolic OH excluding ortho intramolecular Hbond substituents is 1. The molecule has 2 heterocycles. The van der Waals surface area contributed by atoms with Crippen molar-refractivity contribution in [3.05, 3.63) is 64.5 Å². The van der Waals surface area contributed by atoms with Gasteiger partial charge in [0.1, 0.15) is 11.6 Å². The minimum Gasteiger partial charge on any atom is -0.505 e. The Kier molecular flexibility index (Phi) is 8.65. The van der Waals surface area contributed by atoms with Crippen molar-refractivity contribution in [1.82, 2.24) is 9.80 Å². The van der Waals surface area contributed by atoms with Crippen LogP contribution in [0.2, 0.25) is 0 Å². The largest absolute Gasteiger partial charge is 0.505 e.